The second kappa shape index (κ2) is 5.40. The lowest BCUT2D eigenvalue weighted by atomic mass is 10.1. The van der Waals surface area contributed by atoms with Crippen molar-refractivity contribution in [2.24, 2.45) is 5.92 Å². The molecule has 1 unspecified atom stereocenters. The van der Waals surface area contributed by atoms with Crippen LogP contribution in [0.25, 0.3) is 0 Å². The van der Waals surface area contributed by atoms with Crippen molar-refractivity contribution in [2.45, 2.75) is 19.5 Å². The number of ether oxygens (including phenoxy) is 1. The Hall–Kier alpha value is -0.890. The van der Waals surface area contributed by atoms with E-state index in [1.54, 1.807) is 0 Å². The van der Waals surface area contributed by atoms with Crippen molar-refractivity contribution in [1.29, 1.82) is 0 Å². The van der Waals surface area contributed by atoms with Gasteiger partial charge in [0.15, 0.2) is 0 Å². The van der Waals surface area contributed by atoms with Crippen molar-refractivity contribution in [2.75, 3.05) is 31.2 Å². The zero-order valence-electron chi connectivity index (χ0n) is 9.90. The van der Waals surface area contributed by atoms with Crippen LogP contribution in [0.1, 0.15) is 18.4 Å². The Morgan fingerprint density at radius 1 is 1.44 bits per heavy atom. The third-order valence-electron chi connectivity index (χ3n) is 2.77. The Kier molecular flexibility index (Phi) is 4.06. The van der Waals surface area contributed by atoms with Gasteiger partial charge in [0, 0.05) is 25.6 Å². The Balaban J connectivity index is 1.95. The fraction of sp³-hybridized carbons (Fsp3) is 0.800. The largest absolute Gasteiger partial charge is 0.445 e. The maximum Gasteiger partial charge on any atom is 0.445 e. The molecular formula is C10H14F3N3OS. The van der Waals surface area contributed by atoms with Crippen LogP contribution >= 0.6 is 11.3 Å². The average Bonchev–Trinajstić information content (AvgIpc) is 2.93. The summed E-state index contributed by atoms with van der Waals surface area (Å²) < 4.78 is 42.5. The third kappa shape index (κ3) is 3.11. The summed E-state index contributed by atoms with van der Waals surface area (Å²) in [5, 5.41) is 6.27. The van der Waals surface area contributed by atoms with Gasteiger partial charge in [-0.25, -0.2) is 0 Å². The molecule has 8 heteroatoms. The van der Waals surface area contributed by atoms with Gasteiger partial charge in [0.2, 0.25) is 10.1 Å². The predicted molar refractivity (Wildman–Crippen MR) is 61.7 cm³/mol. The van der Waals surface area contributed by atoms with Gasteiger partial charge >= 0.3 is 6.18 Å². The van der Waals surface area contributed by atoms with Gasteiger partial charge in [-0.3, -0.25) is 0 Å². The van der Waals surface area contributed by atoms with E-state index in [9.17, 15) is 13.2 Å². The third-order valence-corrected chi connectivity index (χ3v) is 3.80. The quantitative estimate of drug-likeness (QED) is 0.849. The predicted octanol–water partition coefficient (Wildman–Crippen LogP) is 2.42. The number of hydrogen-bond acceptors (Lipinski definition) is 5. The summed E-state index contributed by atoms with van der Waals surface area (Å²) in [5.74, 6) is 0.364. The maximum atomic E-state index is 12.4. The van der Waals surface area contributed by atoms with Crippen LogP contribution in [0.2, 0.25) is 0 Å². The maximum absolute atomic E-state index is 12.4. The lowest BCUT2D eigenvalue weighted by molar-refractivity contribution is -0.138. The number of aromatic nitrogens is 2. The zero-order valence-corrected chi connectivity index (χ0v) is 10.7. The highest BCUT2D eigenvalue weighted by atomic mass is 32.1. The molecule has 0 saturated carbocycles. The van der Waals surface area contributed by atoms with E-state index in [4.69, 9.17) is 4.74 Å². The zero-order chi connectivity index (χ0) is 13.2. The first-order chi connectivity index (χ1) is 8.50. The second-order valence-electron chi connectivity index (χ2n) is 4.15. The molecule has 0 aliphatic carbocycles. The molecule has 0 radical (unpaired) electrons. The molecular weight excluding hydrogens is 267 g/mol. The standard InChI is InChI=1S/C10H14F3N3OS/c1-2-17-6-7-3-4-16(5-7)9-15-14-8(18-9)10(11,12)13/h7H,2-6H2,1H3. The highest BCUT2D eigenvalue weighted by Crippen LogP contribution is 2.35. The van der Waals surface area contributed by atoms with Crippen LogP contribution in [0.15, 0.2) is 0 Å². The minimum absolute atomic E-state index is 0.348. The first kappa shape index (κ1) is 13.5. The molecule has 0 amide bonds. The van der Waals surface area contributed by atoms with Crippen LogP contribution in [-0.2, 0) is 10.9 Å². The van der Waals surface area contributed by atoms with E-state index in [0.29, 0.717) is 48.7 Å². The molecule has 1 atom stereocenters. The van der Waals surface area contributed by atoms with Gasteiger partial charge in [-0.1, -0.05) is 11.3 Å². The number of anilines is 1. The normalized spacial score (nSPS) is 20.7. The van der Waals surface area contributed by atoms with Gasteiger partial charge in [-0.05, 0) is 13.3 Å². The molecule has 1 saturated heterocycles. The van der Waals surface area contributed by atoms with E-state index in [0.717, 1.165) is 6.42 Å². The highest BCUT2D eigenvalue weighted by Gasteiger charge is 2.37. The molecule has 0 bridgehead atoms. The molecule has 1 aromatic heterocycles. The molecule has 1 aliphatic heterocycles. The van der Waals surface area contributed by atoms with Gasteiger partial charge < -0.3 is 9.64 Å². The number of rotatable bonds is 4. The first-order valence-corrected chi connectivity index (χ1v) is 6.55. The Bertz CT molecular complexity index is 396. The fourth-order valence-corrected chi connectivity index (χ4v) is 2.63. The average molecular weight is 281 g/mol. The van der Waals surface area contributed by atoms with Gasteiger partial charge in [-0.2, -0.15) is 13.2 Å². The fourth-order valence-electron chi connectivity index (χ4n) is 1.88. The van der Waals surface area contributed by atoms with Crippen molar-refractivity contribution in [3.05, 3.63) is 5.01 Å². The van der Waals surface area contributed by atoms with Crippen LogP contribution in [-0.4, -0.2) is 36.5 Å². The minimum Gasteiger partial charge on any atom is -0.381 e. The molecule has 2 rings (SSSR count). The summed E-state index contributed by atoms with van der Waals surface area (Å²) in [6, 6.07) is 0. The van der Waals surface area contributed by atoms with Crippen molar-refractivity contribution in [3.8, 4) is 0 Å². The topological polar surface area (TPSA) is 38.2 Å². The lowest BCUT2D eigenvalue weighted by Crippen LogP contribution is -2.21. The lowest BCUT2D eigenvalue weighted by Gasteiger charge is -2.14. The van der Waals surface area contributed by atoms with E-state index in [1.165, 1.54) is 0 Å². The van der Waals surface area contributed by atoms with E-state index >= 15 is 0 Å². The Morgan fingerprint density at radius 2 is 2.22 bits per heavy atom. The number of nitrogens with zero attached hydrogens (tertiary/aromatic N) is 3. The molecule has 0 spiro atoms. The summed E-state index contributed by atoms with van der Waals surface area (Å²) >= 11 is 0.601. The van der Waals surface area contributed by atoms with E-state index in [1.807, 2.05) is 11.8 Å². The molecule has 0 N–H and O–H groups in total. The molecule has 4 nitrogen and oxygen atoms in total. The molecule has 1 fully saturated rings. The van der Waals surface area contributed by atoms with Crippen LogP contribution in [0.4, 0.5) is 18.3 Å². The van der Waals surface area contributed by atoms with Crippen LogP contribution < -0.4 is 4.90 Å². The van der Waals surface area contributed by atoms with Gasteiger partial charge in [0.05, 0.1) is 6.61 Å². The molecule has 2 heterocycles. The summed E-state index contributed by atoms with van der Waals surface area (Å²) in [4.78, 5) is 1.84. The van der Waals surface area contributed by atoms with Crippen molar-refractivity contribution >= 4 is 16.5 Å². The van der Waals surface area contributed by atoms with E-state index in [2.05, 4.69) is 10.2 Å². The molecule has 18 heavy (non-hydrogen) atoms. The summed E-state index contributed by atoms with van der Waals surface area (Å²) in [5.41, 5.74) is 0. The Labute approximate surface area is 107 Å². The molecule has 102 valence electrons. The summed E-state index contributed by atoms with van der Waals surface area (Å²) in [6.45, 7) is 4.63. The van der Waals surface area contributed by atoms with Crippen LogP contribution in [0, 0.1) is 5.92 Å². The smallest absolute Gasteiger partial charge is 0.381 e. The van der Waals surface area contributed by atoms with Gasteiger partial charge in [-0.15, -0.1) is 10.2 Å². The number of halogens is 3. The summed E-state index contributed by atoms with van der Waals surface area (Å²) in [7, 11) is 0. The first-order valence-electron chi connectivity index (χ1n) is 5.74. The minimum atomic E-state index is -4.40. The Morgan fingerprint density at radius 3 is 2.83 bits per heavy atom. The molecule has 0 aromatic carbocycles. The number of hydrogen-bond donors (Lipinski definition) is 0. The monoisotopic (exact) mass is 281 g/mol. The highest BCUT2D eigenvalue weighted by molar-refractivity contribution is 7.15. The summed E-state index contributed by atoms with van der Waals surface area (Å²) in [6.07, 6.45) is -3.48. The van der Waals surface area contributed by atoms with Crippen molar-refractivity contribution in [3.63, 3.8) is 0 Å². The number of alkyl halides is 3. The van der Waals surface area contributed by atoms with E-state index in [-0.39, 0.29) is 0 Å². The van der Waals surface area contributed by atoms with Crippen molar-refractivity contribution < 1.29 is 17.9 Å². The second-order valence-corrected chi connectivity index (χ2v) is 5.10. The molecule has 1 aromatic rings. The van der Waals surface area contributed by atoms with Crippen LogP contribution in [0.3, 0.4) is 0 Å². The van der Waals surface area contributed by atoms with Crippen LogP contribution in [0.5, 0.6) is 0 Å². The molecule has 1 aliphatic rings. The SMILES string of the molecule is CCOCC1CCN(c2nnc(C(F)(F)F)s2)C1. The van der Waals surface area contributed by atoms with Crippen molar-refractivity contribution in [1.82, 2.24) is 10.2 Å². The van der Waals surface area contributed by atoms with E-state index < -0.39 is 11.2 Å². The van der Waals surface area contributed by atoms with Gasteiger partial charge in [0.25, 0.3) is 0 Å². The van der Waals surface area contributed by atoms with Gasteiger partial charge in [0.1, 0.15) is 0 Å².